The summed E-state index contributed by atoms with van der Waals surface area (Å²) >= 11 is 0. The number of rotatable bonds is 3. The number of hydrogen-bond donors (Lipinski definition) is 2. The van der Waals surface area contributed by atoms with E-state index in [4.69, 9.17) is 10.8 Å². The second-order valence-electron chi connectivity index (χ2n) is 2.23. The van der Waals surface area contributed by atoms with Gasteiger partial charge in [-0.2, -0.15) is 0 Å². The minimum Gasteiger partial charge on any atom is -0.513 e. The van der Waals surface area contributed by atoms with Crippen molar-refractivity contribution in [3.63, 3.8) is 0 Å². The molecular formula is C7H12N2O2. The van der Waals surface area contributed by atoms with Crippen molar-refractivity contribution in [1.82, 2.24) is 4.90 Å². The van der Waals surface area contributed by atoms with Gasteiger partial charge >= 0.3 is 0 Å². The van der Waals surface area contributed by atoms with Gasteiger partial charge in [-0.1, -0.05) is 0 Å². The summed E-state index contributed by atoms with van der Waals surface area (Å²) in [5.41, 5.74) is 4.93. The molecule has 0 aliphatic heterocycles. The first-order chi connectivity index (χ1) is 5.07. The second-order valence-corrected chi connectivity index (χ2v) is 2.23. The summed E-state index contributed by atoms with van der Waals surface area (Å²) < 4.78 is 0. The number of aliphatic hydroxyl groups is 1. The van der Waals surface area contributed by atoms with E-state index in [0.29, 0.717) is 6.26 Å². The molecular weight excluding hydrogens is 144 g/mol. The Labute approximate surface area is 65.6 Å². The molecule has 0 aliphatic rings. The zero-order chi connectivity index (χ0) is 8.85. The first-order valence-electron chi connectivity index (χ1n) is 3.06. The Hall–Kier alpha value is -1.45. The predicted molar refractivity (Wildman–Crippen MR) is 42.7 cm³/mol. The van der Waals surface area contributed by atoms with E-state index in [1.54, 1.807) is 25.2 Å². The molecule has 0 atom stereocenters. The average Bonchev–Trinajstić information content (AvgIpc) is 1.98. The summed E-state index contributed by atoms with van der Waals surface area (Å²) in [7, 11) is 3.56. The van der Waals surface area contributed by atoms with Crippen LogP contribution in [0.1, 0.15) is 0 Å². The molecule has 3 N–H and O–H groups in total. The van der Waals surface area contributed by atoms with Gasteiger partial charge in [0.05, 0.1) is 0 Å². The monoisotopic (exact) mass is 156 g/mol. The highest BCUT2D eigenvalue weighted by Crippen LogP contribution is 1.87. The van der Waals surface area contributed by atoms with Crippen LogP contribution in [0, 0.1) is 0 Å². The number of carbonyl (C=O) groups is 1. The number of ketones is 1. The molecule has 0 fully saturated rings. The van der Waals surface area contributed by atoms with Gasteiger partial charge in [0, 0.05) is 26.4 Å². The highest BCUT2D eigenvalue weighted by atomic mass is 16.2. The van der Waals surface area contributed by atoms with Gasteiger partial charge in [-0.25, -0.2) is 0 Å². The van der Waals surface area contributed by atoms with Gasteiger partial charge in [-0.3, -0.25) is 4.79 Å². The fraction of sp³-hybridized carbons (Fsp3) is 0.286. The van der Waals surface area contributed by atoms with Crippen LogP contribution in [0.15, 0.2) is 24.2 Å². The molecule has 0 aromatic carbocycles. The maximum Gasteiger partial charge on any atom is 0.206 e. The first-order valence-corrected chi connectivity index (χ1v) is 3.06. The van der Waals surface area contributed by atoms with E-state index in [9.17, 15) is 4.79 Å². The van der Waals surface area contributed by atoms with Crippen LogP contribution in [0.3, 0.4) is 0 Å². The van der Waals surface area contributed by atoms with Gasteiger partial charge in [-0.05, 0) is 0 Å². The lowest BCUT2D eigenvalue weighted by atomic mass is 10.3. The lowest BCUT2D eigenvalue weighted by Gasteiger charge is -2.01. The summed E-state index contributed by atoms with van der Waals surface area (Å²) in [6.07, 6.45) is 3.42. The number of nitrogens with zero attached hydrogens (tertiary/aromatic N) is 1. The molecule has 0 radical (unpaired) electrons. The second kappa shape index (κ2) is 4.38. The maximum absolute atomic E-state index is 10.8. The smallest absolute Gasteiger partial charge is 0.206 e. The fourth-order valence-electron chi connectivity index (χ4n) is 0.377. The quantitative estimate of drug-likeness (QED) is 0.445. The van der Waals surface area contributed by atoms with E-state index in [-0.39, 0.29) is 5.70 Å². The van der Waals surface area contributed by atoms with Gasteiger partial charge in [0.2, 0.25) is 5.78 Å². The van der Waals surface area contributed by atoms with Crippen LogP contribution in [0.25, 0.3) is 0 Å². The molecule has 0 unspecified atom stereocenters. The van der Waals surface area contributed by atoms with Crippen molar-refractivity contribution in [2.45, 2.75) is 0 Å². The van der Waals surface area contributed by atoms with Gasteiger partial charge in [0.15, 0.2) is 0 Å². The molecule has 0 saturated heterocycles. The molecule has 0 aromatic rings. The highest BCUT2D eigenvalue weighted by molar-refractivity contribution is 6.02. The van der Waals surface area contributed by atoms with E-state index in [0.717, 1.165) is 0 Å². The number of hydrogen-bond acceptors (Lipinski definition) is 4. The van der Waals surface area contributed by atoms with Crippen molar-refractivity contribution in [3.05, 3.63) is 24.2 Å². The summed E-state index contributed by atoms with van der Waals surface area (Å²) in [4.78, 5) is 12.5. The molecule has 0 bridgehead atoms. The van der Waals surface area contributed by atoms with Crippen LogP contribution in [0.4, 0.5) is 0 Å². The molecule has 11 heavy (non-hydrogen) atoms. The molecule has 0 amide bonds. The number of nitrogens with two attached hydrogens (primary N) is 1. The van der Waals surface area contributed by atoms with Crippen molar-refractivity contribution in [2.75, 3.05) is 14.1 Å². The minimum absolute atomic E-state index is 0.164. The molecule has 0 spiro atoms. The third kappa shape index (κ3) is 4.02. The SMILES string of the molecule is CN(C)/C=C\C(=O)C(N)=CO. The van der Waals surface area contributed by atoms with E-state index >= 15 is 0 Å². The Bertz CT molecular complexity index is 195. The predicted octanol–water partition coefficient (Wildman–Crippen LogP) is -0.0111. The molecule has 4 heteroatoms. The Balaban J connectivity index is 4.08. The summed E-state index contributed by atoms with van der Waals surface area (Å²) in [5, 5.41) is 8.32. The zero-order valence-electron chi connectivity index (χ0n) is 6.61. The number of aliphatic hydroxyl groups excluding tert-OH is 1. The lowest BCUT2D eigenvalue weighted by molar-refractivity contribution is -0.111. The molecule has 0 rings (SSSR count). The van der Waals surface area contributed by atoms with Crippen molar-refractivity contribution in [2.24, 2.45) is 5.73 Å². The van der Waals surface area contributed by atoms with Gasteiger partial charge in [-0.15, -0.1) is 0 Å². The topological polar surface area (TPSA) is 66.6 Å². The molecule has 0 saturated carbocycles. The van der Waals surface area contributed by atoms with Gasteiger partial charge in [0.25, 0.3) is 0 Å². The summed E-state index contributed by atoms with van der Waals surface area (Å²) in [6, 6.07) is 0. The Morgan fingerprint density at radius 2 is 2.09 bits per heavy atom. The highest BCUT2D eigenvalue weighted by Gasteiger charge is 1.98. The summed E-state index contributed by atoms with van der Waals surface area (Å²) in [5.74, 6) is -0.402. The van der Waals surface area contributed by atoms with Crippen molar-refractivity contribution >= 4 is 5.78 Å². The van der Waals surface area contributed by atoms with Crippen LogP contribution in [-0.4, -0.2) is 29.9 Å². The number of carbonyl (C=O) groups excluding carboxylic acids is 1. The third-order valence-electron chi connectivity index (χ3n) is 0.948. The Morgan fingerprint density at radius 1 is 1.55 bits per heavy atom. The molecule has 0 heterocycles. The summed E-state index contributed by atoms with van der Waals surface area (Å²) in [6.45, 7) is 0. The molecule has 4 nitrogen and oxygen atoms in total. The van der Waals surface area contributed by atoms with Crippen LogP contribution < -0.4 is 5.73 Å². The largest absolute Gasteiger partial charge is 0.513 e. The average molecular weight is 156 g/mol. The molecule has 62 valence electrons. The van der Waals surface area contributed by atoms with Gasteiger partial charge < -0.3 is 15.7 Å². The van der Waals surface area contributed by atoms with Crippen LogP contribution in [0.2, 0.25) is 0 Å². The lowest BCUT2D eigenvalue weighted by Crippen LogP contribution is -2.10. The van der Waals surface area contributed by atoms with Gasteiger partial charge in [0.1, 0.15) is 12.0 Å². The molecule has 0 aromatic heterocycles. The Kier molecular flexibility index (Phi) is 3.80. The van der Waals surface area contributed by atoms with Crippen LogP contribution in [0.5, 0.6) is 0 Å². The van der Waals surface area contributed by atoms with E-state index in [1.807, 2.05) is 0 Å². The van der Waals surface area contributed by atoms with E-state index in [1.165, 1.54) is 6.08 Å². The van der Waals surface area contributed by atoms with Crippen molar-refractivity contribution in [1.29, 1.82) is 0 Å². The standard InChI is InChI=1S/C7H12N2O2/c1-9(2)4-3-7(11)6(8)5-10/h3-5,10H,8H2,1-2H3/b4-3-,6-5?. The van der Waals surface area contributed by atoms with Crippen LogP contribution >= 0.6 is 0 Å². The maximum atomic E-state index is 10.8. The van der Waals surface area contributed by atoms with Crippen LogP contribution in [-0.2, 0) is 4.79 Å². The minimum atomic E-state index is -0.402. The Morgan fingerprint density at radius 3 is 2.45 bits per heavy atom. The third-order valence-corrected chi connectivity index (χ3v) is 0.948. The fourth-order valence-corrected chi connectivity index (χ4v) is 0.377. The van der Waals surface area contributed by atoms with E-state index < -0.39 is 5.78 Å². The van der Waals surface area contributed by atoms with E-state index in [2.05, 4.69) is 0 Å². The number of allylic oxidation sites excluding steroid dienone is 1. The molecule has 0 aliphatic carbocycles. The van der Waals surface area contributed by atoms with Crippen molar-refractivity contribution < 1.29 is 9.90 Å². The van der Waals surface area contributed by atoms with Crippen molar-refractivity contribution in [3.8, 4) is 0 Å². The zero-order valence-corrected chi connectivity index (χ0v) is 6.61. The normalized spacial score (nSPS) is 12.0. The first kappa shape index (κ1) is 9.55.